The number of aromatic nitrogens is 2. The van der Waals surface area contributed by atoms with E-state index in [2.05, 4.69) is 10.2 Å². The maximum absolute atomic E-state index is 13.0. The molecule has 3 aromatic rings. The number of hydrogen-bond acceptors (Lipinski definition) is 3. The van der Waals surface area contributed by atoms with Crippen LogP contribution in [0.3, 0.4) is 0 Å². The second-order valence-electron chi connectivity index (χ2n) is 7.33. The maximum atomic E-state index is 13.0. The highest BCUT2D eigenvalue weighted by atomic mass is 16.2. The Hall–Kier alpha value is -3.67. The summed E-state index contributed by atoms with van der Waals surface area (Å²) in [6, 6.07) is 15.3. The third-order valence-electron chi connectivity index (χ3n) is 5.01. The number of aryl methyl sites for hydroxylation is 3. The third kappa shape index (κ3) is 3.33. The first-order valence-electron chi connectivity index (χ1n) is 9.42. The molecule has 0 fully saturated rings. The molecular weight excluding hydrogens is 364 g/mol. The molecule has 0 aliphatic carbocycles. The van der Waals surface area contributed by atoms with E-state index in [0.717, 1.165) is 16.8 Å². The quantitative estimate of drug-likeness (QED) is 0.694. The van der Waals surface area contributed by atoms with E-state index in [0.29, 0.717) is 28.2 Å². The van der Waals surface area contributed by atoms with E-state index < -0.39 is 0 Å². The van der Waals surface area contributed by atoms with Crippen molar-refractivity contribution in [1.29, 1.82) is 0 Å². The number of carbonyl (C=O) groups is 1. The number of nitrogens with zero attached hydrogens (tertiary/aromatic N) is 3. The number of amides is 1. The first-order chi connectivity index (χ1) is 13.8. The minimum atomic E-state index is -0.241. The van der Waals surface area contributed by atoms with E-state index >= 15 is 0 Å². The number of benzene rings is 2. The molecule has 1 aromatic heterocycles. The molecular formula is C23H22N4O2. The first-order valence-corrected chi connectivity index (χ1v) is 9.42. The van der Waals surface area contributed by atoms with Crippen LogP contribution in [0.5, 0.6) is 0 Å². The van der Waals surface area contributed by atoms with Crippen molar-refractivity contribution in [2.45, 2.75) is 27.7 Å². The summed E-state index contributed by atoms with van der Waals surface area (Å²) in [7, 11) is 0. The standard InChI is InChI=1S/C23H22N4O2/c1-14-8-10-18(11-9-14)26-22(28)20(16(3)24-26)13-21-17(4)25-27(23(21)29)19-7-5-6-15(2)12-19/h5-13,24H,1-4H3/b21-13-. The van der Waals surface area contributed by atoms with Crippen molar-refractivity contribution in [3.8, 4) is 5.69 Å². The minimum Gasteiger partial charge on any atom is -0.295 e. The first kappa shape index (κ1) is 18.7. The van der Waals surface area contributed by atoms with Crippen LogP contribution in [-0.4, -0.2) is 21.4 Å². The van der Waals surface area contributed by atoms with Gasteiger partial charge < -0.3 is 0 Å². The average Bonchev–Trinajstić information content (AvgIpc) is 3.13. The SMILES string of the molecule is CC1=NN(c2cccc(C)c2)C(=O)/C1=C\c1c(C)[nH]n(-c2ccc(C)cc2)c1=O. The number of aromatic amines is 1. The molecule has 146 valence electrons. The van der Waals surface area contributed by atoms with E-state index in [1.54, 1.807) is 13.0 Å². The Labute approximate surface area is 168 Å². The lowest BCUT2D eigenvalue weighted by atomic mass is 10.1. The lowest BCUT2D eigenvalue weighted by Crippen LogP contribution is -2.22. The zero-order valence-electron chi connectivity index (χ0n) is 16.9. The number of nitrogens with one attached hydrogen (secondary N) is 1. The van der Waals surface area contributed by atoms with Gasteiger partial charge >= 0.3 is 0 Å². The van der Waals surface area contributed by atoms with Crippen LogP contribution in [0.4, 0.5) is 5.69 Å². The summed E-state index contributed by atoms with van der Waals surface area (Å²) in [5, 5.41) is 8.89. The molecule has 6 heteroatoms. The van der Waals surface area contributed by atoms with Crippen molar-refractivity contribution in [2.24, 2.45) is 5.10 Å². The van der Waals surface area contributed by atoms with E-state index in [9.17, 15) is 9.59 Å². The Morgan fingerprint density at radius 2 is 1.62 bits per heavy atom. The molecule has 1 amide bonds. The van der Waals surface area contributed by atoms with Gasteiger partial charge in [-0.2, -0.15) is 10.1 Å². The van der Waals surface area contributed by atoms with Gasteiger partial charge in [0.25, 0.3) is 11.5 Å². The van der Waals surface area contributed by atoms with Crippen LogP contribution in [0.25, 0.3) is 11.8 Å². The molecule has 0 spiro atoms. The average molecular weight is 386 g/mol. The van der Waals surface area contributed by atoms with Gasteiger partial charge in [-0.1, -0.05) is 29.8 Å². The molecule has 0 saturated heterocycles. The van der Waals surface area contributed by atoms with Gasteiger partial charge in [-0.05, 0) is 63.6 Å². The summed E-state index contributed by atoms with van der Waals surface area (Å²) in [6.45, 7) is 7.56. The predicted octanol–water partition coefficient (Wildman–Crippen LogP) is 3.90. The molecule has 29 heavy (non-hydrogen) atoms. The summed E-state index contributed by atoms with van der Waals surface area (Å²) >= 11 is 0. The fourth-order valence-corrected chi connectivity index (χ4v) is 3.37. The summed E-state index contributed by atoms with van der Waals surface area (Å²) in [6.07, 6.45) is 1.63. The van der Waals surface area contributed by atoms with Crippen LogP contribution < -0.4 is 10.6 Å². The highest BCUT2D eigenvalue weighted by Gasteiger charge is 2.29. The number of anilines is 1. The van der Waals surface area contributed by atoms with Gasteiger partial charge in [0.15, 0.2) is 0 Å². The van der Waals surface area contributed by atoms with Crippen LogP contribution in [-0.2, 0) is 4.79 Å². The van der Waals surface area contributed by atoms with Crippen molar-refractivity contribution < 1.29 is 4.79 Å². The van der Waals surface area contributed by atoms with E-state index in [4.69, 9.17) is 0 Å². The van der Waals surface area contributed by atoms with Crippen LogP contribution in [0.1, 0.15) is 29.3 Å². The molecule has 2 heterocycles. The summed E-state index contributed by atoms with van der Waals surface area (Å²) < 4.78 is 1.49. The molecule has 0 unspecified atom stereocenters. The van der Waals surface area contributed by atoms with Crippen molar-refractivity contribution >= 4 is 23.4 Å². The zero-order chi connectivity index (χ0) is 20.7. The fourth-order valence-electron chi connectivity index (χ4n) is 3.37. The molecule has 4 rings (SSSR count). The number of H-pyrrole nitrogens is 1. The van der Waals surface area contributed by atoms with E-state index in [-0.39, 0.29) is 11.5 Å². The van der Waals surface area contributed by atoms with Crippen molar-refractivity contribution in [3.63, 3.8) is 0 Å². The molecule has 6 nitrogen and oxygen atoms in total. The second-order valence-corrected chi connectivity index (χ2v) is 7.33. The van der Waals surface area contributed by atoms with Gasteiger partial charge in [-0.25, -0.2) is 4.68 Å². The highest BCUT2D eigenvalue weighted by molar-refractivity contribution is 6.32. The number of rotatable bonds is 3. The third-order valence-corrected chi connectivity index (χ3v) is 5.01. The maximum Gasteiger partial charge on any atom is 0.280 e. The fraction of sp³-hybridized carbons (Fsp3) is 0.174. The molecule has 1 N–H and O–H groups in total. The van der Waals surface area contributed by atoms with E-state index in [1.165, 1.54) is 9.69 Å². The van der Waals surface area contributed by atoms with Gasteiger partial charge in [-0.15, -0.1) is 0 Å². The number of hydrazone groups is 1. The summed E-state index contributed by atoms with van der Waals surface area (Å²) in [5.74, 6) is -0.241. The molecule has 2 aromatic carbocycles. The van der Waals surface area contributed by atoms with Gasteiger partial charge in [-0.3, -0.25) is 14.7 Å². The molecule has 0 atom stereocenters. The predicted molar refractivity (Wildman–Crippen MR) is 116 cm³/mol. The number of hydrogen-bond donors (Lipinski definition) is 1. The Morgan fingerprint density at radius 1 is 0.897 bits per heavy atom. The van der Waals surface area contributed by atoms with Crippen LogP contribution >= 0.6 is 0 Å². The molecule has 0 saturated carbocycles. The molecule has 1 aliphatic rings. The van der Waals surface area contributed by atoms with Crippen LogP contribution in [0.15, 0.2) is 64.0 Å². The second kappa shape index (κ2) is 7.05. The lowest BCUT2D eigenvalue weighted by Gasteiger charge is -2.12. The van der Waals surface area contributed by atoms with Gasteiger partial charge in [0.05, 0.1) is 28.2 Å². The van der Waals surface area contributed by atoms with E-state index in [1.807, 2.05) is 69.3 Å². The summed E-state index contributed by atoms with van der Waals surface area (Å²) in [5.41, 5.74) is 5.56. The highest BCUT2D eigenvalue weighted by Crippen LogP contribution is 2.25. The topological polar surface area (TPSA) is 70.5 Å². The van der Waals surface area contributed by atoms with Crippen LogP contribution in [0.2, 0.25) is 0 Å². The zero-order valence-corrected chi connectivity index (χ0v) is 16.9. The Balaban J connectivity index is 1.73. The van der Waals surface area contributed by atoms with Gasteiger partial charge in [0.2, 0.25) is 0 Å². The Bertz CT molecular complexity index is 1230. The van der Waals surface area contributed by atoms with Crippen molar-refractivity contribution in [2.75, 3.05) is 5.01 Å². The molecule has 1 aliphatic heterocycles. The Kier molecular flexibility index (Phi) is 4.54. The molecule has 0 radical (unpaired) electrons. The number of carbonyl (C=O) groups excluding carboxylic acids is 1. The normalized spacial score (nSPS) is 15.3. The smallest absolute Gasteiger partial charge is 0.280 e. The van der Waals surface area contributed by atoms with Crippen molar-refractivity contribution in [3.05, 3.63) is 86.8 Å². The monoisotopic (exact) mass is 386 g/mol. The lowest BCUT2D eigenvalue weighted by molar-refractivity contribution is -0.114. The molecule has 0 bridgehead atoms. The van der Waals surface area contributed by atoms with Crippen molar-refractivity contribution in [1.82, 2.24) is 9.78 Å². The minimum absolute atomic E-state index is 0.201. The van der Waals surface area contributed by atoms with Gasteiger partial charge in [0.1, 0.15) is 0 Å². The largest absolute Gasteiger partial charge is 0.295 e. The van der Waals surface area contributed by atoms with Gasteiger partial charge in [0, 0.05) is 5.69 Å². The van der Waals surface area contributed by atoms with Crippen LogP contribution in [0, 0.1) is 20.8 Å². The summed E-state index contributed by atoms with van der Waals surface area (Å²) in [4.78, 5) is 26.0. The Morgan fingerprint density at radius 3 is 2.31 bits per heavy atom.